The molecule has 0 radical (unpaired) electrons. The summed E-state index contributed by atoms with van der Waals surface area (Å²) in [4.78, 5) is 36.9. The van der Waals surface area contributed by atoms with Crippen LogP contribution in [0.5, 0.6) is 0 Å². The summed E-state index contributed by atoms with van der Waals surface area (Å²) in [5, 5.41) is 0. The molecule has 108 valence electrons. The van der Waals surface area contributed by atoms with Crippen molar-refractivity contribution in [2.24, 2.45) is 0 Å². The minimum absolute atomic E-state index is 0.285. The number of hydrogen-bond donors (Lipinski definition) is 0. The van der Waals surface area contributed by atoms with E-state index in [0.717, 1.165) is 0 Å². The summed E-state index contributed by atoms with van der Waals surface area (Å²) in [6.07, 6.45) is 1.37. The van der Waals surface area contributed by atoms with Crippen molar-refractivity contribution < 1.29 is 4.79 Å². The highest BCUT2D eigenvalue weighted by atomic mass is 16.2. The molecule has 1 heterocycles. The Kier molecular flexibility index (Phi) is 3.53. The van der Waals surface area contributed by atoms with Crippen molar-refractivity contribution in [3.63, 3.8) is 0 Å². The van der Waals surface area contributed by atoms with Gasteiger partial charge in [-0.25, -0.2) is 4.79 Å². The van der Waals surface area contributed by atoms with E-state index in [0.29, 0.717) is 10.3 Å². The van der Waals surface area contributed by atoms with Gasteiger partial charge in [0, 0.05) is 17.8 Å². The van der Waals surface area contributed by atoms with E-state index < -0.39 is 17.2 Å². The zero-order valence-corrected chi connectivity index (χ0v) is 11.5. The predicted octanol–water partition coefficient (Wildman–Crippen LogP) is 1.69. The van der Waals surface area contributed by atoms with E-state index in [9.17, 15) is 14.4 Å². The van der Waals surface area contributed by atoms with Gasteiger partial charge < -0.3 is 0 Å². The lowest BCUT2D eigenvalue weighted by molar-refractivity contribution is 0.0949. The fraction of sp³-hybridized carbons (Fsp3) is 0. The molecule has 1 aromatic heterocycles. The summed E-state index contributed by atoms with van der Waals surface area (Å²) in [5.41, 5.74) is -0.465. The van der Waals surface area contributed by atoms with Gasteiger partial charge in [0.15, 0.2) is 0 Å². The Morgan fingerprint density at radius 3 is 2.00 bits per heavy atom. The summed E-state index contributed by atoms with van der Waals surface area (Å²) < 4.78 is 1.91. The third-order valence-corrected chi connectivity index (χ3v) is 3.24. The Balaban J connectivity index is 2.19. The first-order chi connectivity index (χ1) is 10.7. The van der Waals surface area contributed by atoms with Gasteiger partial charge in [-0.15, -0.1) is 0 Å². The van der Waals surface area contributed by atoms with Gasteiger partial charge in [0.05, 0.1) is 5.69 Å². The highest BCUT2D eigenvalue weighted by Crippen LogP contribution is 2.03. The van der Waals surface area contributed by atoms with Crippen molar-refractivity contribution in [1.29, 1.82) is 0 Å². The molecule has 0 aliphatic heterocycles. The van der Waals surface area contributed by atoms with Crippen molar-refractivity contribution in [3.05, 3.63) is 99.3 Å². The van der Waals surface area contributed by atoms with Gasteiger partial charge in [0.25, 0.3) is 11.5 Å². The van der Waals surface area contributed by atoms with Crippen molar-refractivity contribution in [2.75, 3.05) is 0 Å². The van der Waals surface area contributed by atoms with Crippen LogP contribution < -0.4 is 11.2 Å². The fourth-order valence-electron chi connectivity index (χ4n) is 2.16. The zero-order chi connectivity index (χ0) is 15.5. The third kappa shape index (κ3) is 2.40. The van der Waals surface area contributed by atoms with Crippen LogP contribution in [0, 0.1) is 0 Å². The van der Waals surface area contributed by atoms with Crippen molar-refractivity contribution >= 4 is 5.91 Å². The van der Waals surface area contributed by atoms with Gasteiger partial charge in [0.2, 0.25) is 0 Å². The zero-order valence-electron chi connectivity index (χ0n) is 11.5. The minimum atomic E-state index is -0.687. The smallest absolute Gasteiger partial charge is 0.269 e. The Labute approximate surface area is 125 Å². The molecule has 0 amide bonds. The second kappa shape index (κ2) is 5.65. The number of rotatable bonds is 2. The normalized spacial score (nSPS) is 10.4. The van der Waals surface area contributed by atoms with Gasteiger partial charge in [0.1, 0.15) is 0 Å². The molecule has 0 saturated heterocycles. The predicted molar refractivity (Wildman–Crippen MR) is 82.5 cm³/mol. The first kappa shape index (κ1) is 13.8. The van der Waals surface area contributed by atoms with Crippen LogP contribution in [0.3, 0.4) is 0 Å². The molecule has 0 aliphatic rings. The van der Waals surface area contributed by atoms with E-state index in [1.165, 1.54) is 16.8 Å². The van der Waals surface area contributed by atoms with E-state index >= 15 is 0 Å². The first-order valence-electron chi connectivity index (χ1n) is 6.68. The van der Waals surface area contributed by atoms with E-state index in [4.69, 9.17) is 0 Å². The Morgan fingerprint density at radius 1 is 0.773 bits per heavy atom. The average Bonchev–Trinajstić information content (AvgIpc) is 2.56. The molecule has 3 rings (SSSR count). The third-order valence-electron chi connectivity index (χ3n) is 3.24. The summed E-state index contributed by atoms with van der Waals surface area (Å²) in [6.45, 7) is 0. The number of para-hydroxylation sites is 1. The standard InChI is InChI=1S/C17H12N2O3/c20-15-11-12-18(14-9-5-2-6-10-14)17(22)19(15)16(21)13-7-3-1-4-8-13/h1-12H. The van der Waals surface area contributed by atoms with Crippen LogP contribution in [0.25, 0.3) is 5.69 Å². The molecule has 0 unspecified atom stereocenters. The number of nitrogens with zero attached hydrogens (tertiary/aromatic N) is 2. The SMILES string of the molecule is O=C(c1ccccc1)n1c(=O)ccn(-c2ccccc2)c1=O. The Bertz CT molecular complexity index is 925. The Hall–Kier alpha value is -3.21. The average molecular weight is 292 g/mol. The van der Waals surface area contributed by atoms with E-state index in [1.807, 2.05) is 6.07 Å². The lowest BCUT2D eigenvalue weighted by Crippen LogP contribution is -2.42. The largest absolute Gasteiger partial charge is 0.342 e. The number of aromatic nitrogens is 2. The summed E-state index contributed by atoms with van der Waals surface area (Å²) in [7, 11) is 0. The summed E-state index contributed by atoms with van der Waals surface area (Å²) in [5.74, 6) is -0.638. The number of hydrogen-bond acceptors (Lipinski definition) is 3. The topological polar surface area (TPSA) is 61.1 Å². The first-order valence-corrected chi connectivity index (χ1v) is 6.68. The van der Waals surface area contributed by atoms with E-state index in [-0.39, 0.29) is 5.56 Å². The molecule has 22 heavy (non-hydrogen) atoms. The maximum Gasteiger partial charge on any atom is 0.342 e. The molecular weight excluding hydrogens is 280 g/mol. The summed E-state index contributed by atoms with van der Waals surface area (Å²) in [6, 6.07) is 18.3. The van der Waals surface area contributed by atoms with Gasteiger partial charge >= 0.3 is 5.69 Å². The van der Waals surface area contributed by atoms with Crippen molar-refractivity contribution in [2.45, 2.75) is 0 Å². The molecule has 2 aromatic carbocycles. The van der Waals surface area contributed by atoms with Crippen LogP contribution in [0.2, 0.25) is 0 Å². The minimum Gasteiger partial charge on any atom is -0.269 e. The molecular formula is C17H12N2O3. The van der Waals surface area contributed by atoms with Crippen LogP contribution in [-0.4, -0.2) is 15.0 Å². The monoisotopic (exact) mass is 292 g/mol. The van der Waals surface area contributed by atoms with Crippen LogP contribution >= 0.6 is 0 Å². The second-order valence-electron chi connectivity index (χ2n) is 4.65. The highest BCUT2D eigenvalue weighted by Gasteiger charge is 2.15. The van der Waals surface area contributed by atoms with E-state index in [1.54, 1.807) is 54.6 Å². The lowest BCUT2D eigenvalue weighted by atomic mass is 10.2. The molecule has 0 atom stereocenters. The van der Waals surface area contributed by atoms with E-state index in [2.05, 4.69) is 0 Å². The maximum absolute atomic E-state index is 12.5. The van der Waals surface area contributed by atoms with Gasteiger partial charge in [-0.1, -0.05) is 36.4 Å². The van der Waals surface area contributed by atoms with Crippen LogP contribution in [0.15, 0.2) is 82.5 Å². The number of carbonyl (C=O) groups is 1. The summed E-state index contributed by atoms with van der Waals surface area (Å²) >= 11 is 0. The number of benzene rings is 2. The number of carbonyl (C=O) groups excluding carboxylic acids is 1. The molecule has 0 saturated carbocycles. The molecule has 0 spiro atoms. The van der Waals surface area contributed by atoms with Crippen LogP contribution in [0.4, 0.5) is 0 Å². The molecule has 5 heteroatoms. The Morgan fingerprint density at radius 2 is 1.36 bits per heavy atom. The van der Waals surface area contributed by atoms with Crippen LogP contribution in [-0.2, 0) is 0 Å². The highest BCUT2D eigenvalue weighted by molar-refractivity contribution is 5.95. The molecule has 0 fully saturated rings. The van der Waals surface area contributed by atoms with Gasteiger partial charge in [-0.3, -0.25) is 14.2 Å². The quantitative estimate of drug-likeness (QED) is 0.722. The molecule has 3 aromatic rings. The van der Waals surface area contributed by atoms with Crippen LogP contribution in [0.1, 0.15) is 10.4 Å². The van der Waals surface area contributed by atoms with Crippen molar-refractivity contribution in [3.8, 4) is 5.69 Å². The molecule has 0 aliphatic carbocycles. The van der Waals surface area contributed by atoms with Crippen molar-refractivity contribution in [1.82, 2.24) is 9.13 Å². The lowest BCUT2D eigenvalue weighted by Gasteiger charge is -2.08. The molecule has 0 bridgehead atoms. The second-order valence-corrected chi connectivity index (χ2v) is 4.65. The van der Waals surface area contributed by atoms with Gasteiger partial charge in [-0.05, 0) is 24.3 Å². The molecule has 5 nitrogen and oxygen atoms in total. The van der Waals surface area contributed by atoms with Gasteiger partial charge in [-0.2, -0.15) is 4.57 Å². The fourth-order valence-corrected chi connectivity index (χ4v) is 2.16. The molecule has 0 N–H and O–H groups in total. The maximum atomic E-state index is 12.5.